The molecule has 5 nitrogen and oxygen atoms in total. The summed E-state index contributed by atoms with van der Waals surface area (Å²) in [7, 11) is 1.61. The fourth-order valence-corrected chi connectivity index (χ4v) is 2.00. The van der Waals surface area contributed by atoms with Crippen LogP contribution in [0.2, 0.25) is 0 Å². The van der Waals surface area contributed by atoms with E-state index in [1.807, 2.05) is 38.1 Å². The SMILES string of the molecule is COc1cccc(C(C)C(=O)NC(C)c2ncccn2)c1. The third-order valence-electron chi connectivity index (χ3n) is 3.32. The Morgan fingerprint density at radius 2 is 1.90 bits per heavy atom. The van der Waals surface area contributed by atoms with Gasteiger partial charge in [0, 0.05) is 12.4 Å². The zero-order valence-electron chi connectivity index (χ0n) is 12.4. The molecular formula is C16H19N3O2. The first kappa shape index (κ1) is 15.0. The molecule has 2 unspecified atom stereocenters. The molecule has 2 rings (SSSR count). The quantitative estimate of drug-likeness (QED) is 0.916. The number of rotatable bonds is 5. The van der Waals surface area contributed by atoms with Crippen molar-refractivity contribution in [1.82, 2.24) is 15.3 Å². The maximum absolute atomic E-state index is 12.3. The Morgan fingerprint density at radius 3 is 2.57 bits per heavy atom. The largest absolute Gasteiger partial charge is 0.497 e. The van der Waals surface area contributed by atoms with E-state index >= 15 is 0 Å². The van der Waals surface area contributed by atoms with Gasteiger partial charge in [-0.05, 0) is 37.6 Å². The minimum absolute atomic E-state index is 0.0665. The first-order chi connectivity index (χ1) is 10.1. The topological polar surface area (TPSA) is 64.1 Å². The Bertz CT molecular complexity index is 601. The predicted molar refractivity (Wildman–Crippen MR) is 80.0 cm³/mol. The second-order valence-corrected chi connectivity index (χ2v) is 4.84. The summed E-state index contributed by atoms with van der Waals surface area (Å²) in [6.45, 7) is 3.73. The average molecular weight is 285 g/mol. The number of carbonyl (C=O) groups excluding carboxylic acids is 1. The Balaban J connectivity index is 2.05. The minimum Gasteiger partial charge on any atom is -0.497 e. The number of benzene rings is 1. The Kier molecular flexibility index (Phi) is 4.87. The first-order valence-electron chi connectivity index (χ1n) is 6.83. The van der Waals surface area contributed by atoms with E-state index in [9.17, 15) is 4.79 Å². The molecule has 0 aliphatic heterocycles. The van der Waals surface area contributed by atoms with Gasteiger partial charge in [0.15, 0.2) is 0 Å². The van der Waals surface area contributed by atoms with Crippen LogP contribution in [0.15, 0.2) is 42.7 Å². The third-order valence-corrected chi connectivity index (χ3v) is 3.32. The number of carbonyl (C=O) groups is 1. The normalized spacial score (nSPS) is 13.3. The average Bonchev–Trinajstić information content (AvgIpc) is 2.54. The van der Waals surface area contributed by atoms with Crippen molar-refractivity contribution in [1.29, 1.82) is 0 Å². The van der Waals surface area contributed by atoms with Gasteiger partial charge in [0.1, 0.15) is 11.6 Å². The summed E-state index contributed by atoms with van der Waals surface area (Å²) in [5.41, 5.74) is 0.910. The Hall–Kier alpha value is -2.43. The predicted octanol–water partition coefficient (Wildman–Crippen LogP) is 2.47. The van der Waals surface area contributed by atoms with Crippen molar-refractivity contribution in [2.75, 3.05) is 7.11 Å². The van der Waals surface area contributed by atoms with E-state index in [4.69, 9.17) is 4.74 Å². The molecule has 2 atom stereocenters. The van der Waals surface area contributed by atoms with Gasteiger partial charge in [0.25, 0.3) is 0 Å². The van der Waals surface area contributed by atoms with Crippen molar-refractivity contribution in [2.24, 2.45) is 0 Å². The Labute approximate surface area is 124 Å². The maximum atomic E-state index is 12.3. The van der Waals surface area contributed by atoms with E-state index in [0.717, 1.165) is 11.3 Å². The lowest BCUT2D eigenvalue weighted by Crippen LogP contribution is -2.31. The van der Waals surface area contributed by atoms with Gasteiger partial charge in [-0.3, -0.25) is 4.79 Å². The van der Waals surface area contributed by atoms with Gasteiger partial charge in [0.2, 0.25) is 5.91 Å². The highest BCUT2D eigenvalue weighted by Gasteiger charge is 2.19. The summed E-state index contributed by atoms with van der Waals surface area (Å²) in [5.74, 6) is 1.00. The minimum atomic E-state index is -0.272. The molecule has 1 aromatic heterocycles. The second-order valence-electron chi connectivity index (χ2n) is 4.84. The van der Waals surface area contributed by atoms with Gasteiger partial charge < -0.3 is 10.1 Å². The molecule has 0 bridgehead atoms. The van der Waals surface area contributed by atoms with Gasteiger partial charge in [-0.25, -0.2) is 9.97 Å². The highest BCUT2D eigenvalue weighted by atomic mass is 16.5. The van der Waals surface area contributed by atoms with E-state index in [1.54, 1.807) is 25.6 Å². The molecule has 21 heavy (non-hydrogen) atoms. The first-order valence-corrected chi connectivity index (χ1v) is 6.83. The molecule has 2 aromatic rings. The number of nitrogens with one attached hydrogen (secondary N) is 1. The summed E-state index contributed by atoms with van der Waals surface area (Å²) in [5, 5.41) is 2.93. The number of hydrogen-bond acceptors (Lipinski definition) is 4. The highest BCUT2D eigenvalue weighted by molar-refractivity contribution is 5.83. The number of ether oxygens (including phenoxy) is 1. The van der Waals surface area contributed by atoms with Crippen LogP contribution < -0.4 is 10.1 Å². The van der Waals surface area contributed by atoms with Crippen LogP contribution in [-0.4, -0.2) is 23.0 Å². The molecule has 0 radical (unpaired) electrons. The van der Waals surface area contributed by atoms with E-state index in [0.29, 0.717) is 5.82 Å². The van der Waals surface area contributed by atoms with E-state index in [2.05, 4.69) is 15.3 Å². The number of nitrogens with zero attached hydrogens (tertiary/aromatic N) is 2. The van der Waals surface area contributed by atoms with Crippen LogP contribution in [0.25, 0.3) is 0 Å². The fraction of sp³-hybridized carbons (Fsp3) is 0.312. The summed E-state index contributed by atoms with van der Waals surface area (Å²) < 4.78 is 5.18. The van der Waals surface area contributed by atoms with Crippen molar-refractivity contribution >= 4 is 5.91 Å². The van der Waals surface area contributed by atoms with Gasteiger partial charge in [-0.1, -0.05) is 12.1 Å². The molecule has 0 aliphatic rings. The van der Waals surface area contributed by atoms with Gasteiger partial charge in [-0.15, -0.1) is 0 Å². The maximum Gasteiger partial charge on any atom is 0.227 e. The molecule has 0 saturated carbocycles. The monoisotopic (exact) mass is 285 g/mol. The summed E-state index contributed by atoms with van der Waals surface area (Å²) in [6.07, 6.45) is 3.33. The van der Waals surface area contributed by atoms with Crippen molar-refractivity contribution in [3.05, 3.63) is 54.1 Å². The third kappa shape index (κ3) is 3.78. The molecule has 1 aromatic carbocycles. The van der Waals surface area contributed by atoms with Crippen LogP contribution >= 0.6 is 0 Å². The molecule has 1 heterocycles. The Morgan fingerprint density at radius 1 is 1.19 bits per heavy atom. The molecule has 5 heteroatoms. The van der Waals surface area contributed by atoms with Crippen molar-refractivity contribution in [2.45, 2.75) is 25.8 Å². The van der Waals surface area contributed by atoms with Crippen molar-refractivity contribution in [3.63, 3.8) is 0 Å². The van der Waals surface area contributed by atoms with Gasteiger partial charge in [-0.2, -0.15) is 0 Å². The summed E-state index contributed by atoms with van der Waals surface area (Å²) in [6, 6.07) is 9.03. The van der Waals surface area contributed by atoms with Gasteiger partial charge >= 0.3 is 0 Å². The lowest BCUT2D eigenvalue weighted by Gasteiger charge is -2.17. The van der Waals surface area contributed by atoms with Crippen LogP contribution in [0.1, 0.15) is 37.2 Å². The number of aromatic nitrogens is 2. The number of methoxy groups -OCH3 is 1. The van der Waals surface area contributed by atoms with E-state index in [-0.39, 0.29) is 17.9 Å². The van der Waals surface area contributed by atoms with Crippen molar-refractivity contribution in [3.8, 4) is 5.75 Å². The van der Waals surface area contributed by atoms with Crippen LogP contribution in [0, 0.1) is 0 Å². The fourth-order valence-electron chi connectivity index (χ4n) is 2.00. The van der Waals surface area contributed by atoms with Crippen LogP contribution in [0.5, 0.6) is 5.75 Å². The molecular weight excluding hydrogens is 266 g/mol. The zero-order valence-corrected chi connectivity index (χ0v) is 12.4. The molecule has 1 amide bonds. The highest BCUT2D eigenvalue weighted by Crippen LogP contribution is 2.21. The summed E-state index contributed by atoms with van der Waals surface area (Å²) >= 11 is 0. The van der Waals surface area contributed by atoms with E-state index < -0.39 is 0 Å². The molecule has 110 valence electrons. The van der Waals surface area contributed by atoms with Crippen LogP contribution in [0.4, 0.5) is 0 Å². The van der Waals surface area contributed by atoms with Gasteiger partial charge in [0.05, 0.1) is 19.1 Å². The molecule has 0 aliphatic carbocycles. The summed E-state index contributed by atoms with van der Waals surface area (Å²) in [4.78, 5) is 20.6. The van der Waals surface area contributed by atoms with Crippen LogP contribution in [-0.2, 0) is 4.79 Å². The molecule has 0 spiro atoms. The van der Waals surface area contributed by atoms with E-state index in [1.165, 1.54) is 0 Å². The number of amides is 1. The molecule has 0 saturated heterocycles. The standard InChI is InChI=1S/C16H19N3O2/c1-11(13-6-4-7-14(10-13)21-3)16(20)19-12(2)15-17-8-5-9-18-15/h4-12H,1-3H3,(H,19,20). The molecule has 0 fully saturated rings. The zero-order chi connectivity index (χ0) is 15.2. The van der Waals surface area contributed by atoms with Crippen LogP contribution in [0.3, 0.4) is 0 Å². The lowest BCUT2D eigenvalue weighted by molar-refractivity contribution is -0.122. The molecule has 1 N–H and O–H groups in total. The second kappa shape index (κ2) is 6.83. The lowest BCUT2D eigenvalue weighted by atomic mass is 10.00. The number of hydrogen-bond donors (Lipinski definition) is 1. The smallest absolute Gasteiger partial charge is 0.227 e. The van der Waals surface area contributed by atoms with Crippen molar-refractivity contribution < 1.29 is 9.53 Å².